The number of aryl methyl sites for hydroxylation is 1. The van der Waals surface area contributed by atoms with E-state index < -0.39 is 0 Å². The van der Waals surface area contributed by atoms with Gasteiger partial charge in [-0.1, -0.05) is 12.8 Å². The fourth-order valence-electron chi connectivity index (χ4n) is 3.06. The van der Waals surface area contributed by atoms with E-state index in [4.69, 9.17) is 0 Å². The van der Waals surface area contributed by atoms with E-state index in [1.54, 1.807) is 11.3 Å². The number of nitrogens with one attached hydrogen (secondary N) is 1. The maximum Gasteiger partial charge on any atom is 0.193 e. The van der Waals surface area contributed by atoms with Gasteiger partial charge >= 0.3 is 0 Å². The number of halogens is 1. The average Bonchev–Trinajstić information content (AvgIpc) is 3.15. The highest BCUT2D eigenvalue weighted by molar-refractivity contribution is 14.0. The van der Waals surface area contributed by atoms with Crippen molar-refractivity contribution in [3.8, 4) is 0 Å². The third kappa shape index (κ3) is 6.54. The summed E-state index contributed by atoms with van der Waals surface area (Å²) in [5.41, 5.74) is 1.11. The molecule has 0 bridgehead atoms. The predicted octanol–water partition coefficient (Wildman–Crippen LogP) is 2.95. The molecule has 1 heterocycles. The molecule has 0 radical (unpaired) electrons. The molecule has 132 valence electrons. The van der Waals surface area contributed by atoms with E-state index in [2.05, 4.69) is 44.6 Å². The van der Waals surface area contributed by atoms with Gasteiger partial charge in [0.25, 0.3) is 0 Å². The second-order valence-corrected chi connectivity index (χ2v) is 7.17. The van der Waals surface area contributed by atoms with Crippen LogP contribution in [0.4, 0.5) is 0 Å². The fourth-order valence-corrected chi connectivity index (χ4v) is 3.66. The third-order valence-electron chi connectivity index (χ3n) is 4.33. The second-order valence-electron chi connectivity index (χ2n) is 6.11. The topological polar surface area (TPSA) is 43.8 Å². The van der Waals surface area contributed by atoms with Crippen molar-refractivity contribution in [3.63, 3.8) is 0 Å². The molecule has 2 rings (SSSR count). The van der Waals surface area contributed by atoms with Crippen LogP contribution in [-0.4, -0.2) is 61.0 Å². The van der Waals surface area contributed by atoms with Gasteiger partial charge in [0.15, 0.2) is 5.96 Å². The van der Waals surface area contributed by atoms with Crippen LogP contribution in [0.1, 0.15) is 36.4 Å². The summed E-state index contributed by atoms with van der Waals surface area (Å²) in [5, 5.41) is 6.69. The Balaban J connectivity index is 0.00000264. The lowest BCUT2D eigenvalue weighted by Gasteiger charge is -2.26. The van der Waals surface area contributed by atoms with Crippen LogP contribution in [0.3, 0.4) is 0 Å². The lowest BCUT2D eigenvalue weighted by molar-refractivity contribution is 0.248. The van der Waals surface area contributed by atoms with Crippen molar-refractivity contribution in [2.75, 3.05) is 34.2 Å². The average molecular weight is 451 g/mol. The molecule has 1 N–H and O–H groups in total. The Morgan fingerprint density at radius 2 is 2.09 bits per heavy atom. The standard InChI is InChI=1S/C16H29N5S.HI/c1-13-19-14(12-22-13)11-21(4)16(17-2)18-9-10-20(3)15-7-5-6-8-15;/h12,15H,5-11H2,1-4H3,(H,17,18);1H. The predicted molar refractivity (Wildman–Crippen MR) is 110 cm³/mol. The summed E-state index contributed by atoms with van der Waals surface area (Å²) in [5.74, 6) is 0.936. The molecule has 0 aromatic carbocycles. The maximum atomic E-state index is 4.51. The highest BCUT2D eigenvalue weighted by Crippen LogP contribution is 2.21. The molecule has 1 aliphatic carbocycles. The Morgan fingerprint density at radius 1 is 1.39 bits per heavy atom. The largest absolute Gasteiger partial charge is 0.355 e. The summed E-state index contributed by atoms with van der Waals surface area (Å²) in [6.45, 7) is 4.83. The van der Waals surface area contributed by atoms with E-state index in [1.807, 2.05) is 14.0 Å². The summed E-state index contributed by atoms with van der Waals surface area (Å²) in [6.07, 6.45) is 5.49. The van der Waals surface area contributed by atoms with Gasteiger partial charge in [-0.2, -0.15) is 0 Å². The van der Waals surface area contributed by atoms with Crippen LogP contribution in [0, 0.1) is 6.92 Å². The van der Waals surface area contributed by atoms with Gasteiger partial charge in [0.2, 0.25) is 0 Å². The van der Waals surface area contributed by atoms with Crippen LogP contribution in [0.15, 0.2) is 10.4 Å². The lowest BCUT2D eigenvalue weighted by Crippen LogP contribution is -2.43. The first-order valence-electron chi connectivity index (χ1n) is 8.13. The van der Waals surface area contributed by atoms with Gasteiger partial charge in [0, 0.05) is 38.6 Å². The molecule has 1 aromatic rings. The van der Waals surface area contributed by atoms with Crippen molar-refractivity contribution >= 4 is 41.3 Å². The summed E-state index contributed by atoms with van der Waals surface area (Å²) in [6, 6.07) is 0.777. The summed E-state index contributed by atoms with van der Waals surface area (Å²) < 4.78 is 0. The molecule has 0 amide bonds. The molecular formula is C16H30IN5S. The number of likely N-dealkylation sites (N-methyl/N-ethyl adjacent to an activating group) is 1. The number of aliphatic imine (C=N–C) groups is 1. The molecule has 0 atom stereocenters. The van der Waals surface area contributed by atoms with E-state index >= 15 is 0 Å². The minimum Gasteiger partial charge on any atom is -0.355 e. The van der Waals surface area contributed by atoms with Crippen molar-refractivity contribution in [2.24, 2.45) is 4.99 Å². The van der Waals surface area contributed by atoms with Crippen LogP contribution >= 0.6 is 35.3 Å². The molecule has 1 aromatic heterocycles. The Hall–Kier alpha value is -0.410. The van der Waals surface area contributed by atoms with Crippen molar-refractivity contribution in [1.29, 1.82) is 0 Å². The number of aromatic nitrogens is 1. The van der Waals surface area contributed by atoms with Crippen LogP contribution in [-0.2, 0) is 6.54 Å². The summed E-state index contributed by atoms with van der Waals surface area (Å²) in [4.78, 5) is 13.5. The molecule has 0 spiro atoms. The normalized spacial score (nSPS) is 15.8. The van der Waals surface area contributed by atoms with Crippen molar-refractivity contribution in [3.05, 3.63) is 16.1 Å². The number of hydrogen-bond donors (Lipinski definition) is 1. The van der Waals surface area contributed by atoms with Crippen molar-refractivity contribution in [2.45, 2.75) is 45.2 Å². The quantitative estimate of drug-likeness (QED) is 0.411. The number of thiazole rings is 1. The molecule has 0 aliphatic heterocycles. The highest BCUT2D eigenvalue weighted by atomic mass is 127. The fraction of sp³-hybridized carbons (Fsp3) is 0.750. The molecule has 7 heteroatoms. The van der Waals surface area contributed by atoms with E-state index in [1.165, 1.54) is 25.7 Å². The van der Waals surface area contributed by atoms with Gasteiger partial charge in [-0.3, -0.25) is 4.99 Å². The molecule has 0 unspecified atom stereocenters. The summed E-state index contributed by atoms with van der Waals surface area (Å²) in [7, 11) is 6.14. The van der Waals surface area contributed by atoms with Crippen LogP contribution in [0.25, 0.3) is 0 Å². The molecule has 23 heavy (non-hydrogen) atoms. The molecule has 1 saturated carbocycles. The van der Waals surface area contributed by atoms with Crippen molar-refractivity contribution in [1.82, 2.24) is 20.1 Å². The van der Waals surface area contributed by atoms with Crippen LogP contribution in [0.2, 0.25) is 0 Å². The smallest absolute Gasteiger partial charge is 0.193 e. The Kier molecular flexibility index (Phi) is 9.38. The van der Waals surface area contributed by atoms with Gasteiger partial charge in [0.1, 0.15) is 0 Å². The van der Waals surface area contributed by atoms with Gasteiger partial charge in [-0.15, -0.1) is 35.3 Å². The first kappa shape index (κ1) is 20.6. The van der Waals surface area contributed by atoms with Gasteiger partial charge in [-0.05, 0) is 26.8 Å². The second kappa shape index (κ2) is 10.5. The van der Waals surface area contributed by atoms with E-state index in [-0.39, 0.29) is 24.0 Å². The van der Waals surface area contributed by atoms with Crippen LogP contribution in [0.5, 0.6) is 0 Å². The zero-order valence-electron chi connectivity index (χ0n) is 14.7. The molecule has 1 fully saturated rings. The number of guanidine groups is 1. The van der Waals surface area contributed by atoms with Gasteiger partial charge in [0.05, 0.1) is 17.2 Å². The third-order valence-corrected chi connectivity index (χ3v) is 5.16. The van der Waals surface area contributed by atoms with E-state index in [0.717, 1.165) is 42.3 Å². The van der Waals surface area contributed by atoms with E-state index in [9.17, 15) is 0 Å². The number of nitrogens with zero attached hydrogens (tertiary/aromatic N) is 4. The number of rotatable bonds is 6. The zero-order valence-corrected chi connectivity index (χ0v) is 17.9. The minimum atomic E-state index is 0. The molecule has 5 nitrogen and oxygen atoms in total. The van der Waals surface area contributed by atoms with Crippen molar-refractivity contribution < 1.29 is 0 Å². The molecular weight excluding hydrogens is 421 g/mol. The first-order chi connectivity index (χ1) is 10.6. The van der Waals surface area contributed by atoms with Gasteiger partial charge in [-0.25, -0.2) is 4.98 Å². The van der Waals surface area contributed by atoms with Crippen LogP contribution < -0.4 is 5.32 Å². The first-order valence-corrected chi connectivity index (χ1v) is 9.01. The highest BCUT2D eigenvalue weighted by Gasteiger charge is 2.19. The molecule has 1 aliphatic rings. The monoisotopic (exact) mass is 451 g/mol. The zero-order chi connectivity index (χ0) is 15.9. The summed E-state index contributed by atoms with van der Waals surface area (Å²) >= 11 is 1.70. The van der Waals surface area contributed by atoms with E-state index in [0.29, 0.717) is 0 Å². The Bertz CT molecular complexity index is 485. The number of hydrogen-bond acceptors (Lipinski definition) is 4. The Morgan fingerprint density at radius 3 is 2.65 bits per heavy atom. The SMILES string of the molecule is CN=C(NCCN(C)C1CCCC1)N(C)Cc1csc(C)n1.I. The lowest BCUT2D eigenvalue weighted by atomic mass is 10.2. The maximum absolute atomic E-state index is 4.51. The Labute approximate surface area is 161 Å². The molecule has 0 saturated heterocycles. The van der Waals surface area contributed by atoms with Gasteiger partial charge < -0.3 is 15.1 Å². The minimum absolute atomic E-state index is 0.